The Morgan fingerprint density at radius 2 is 1.32 bits per heavy atom. The number of carbonyl (C=O) groups is 6. The highest BCUT2D eigenvalue weighted by molar-refractivity contribution is 6.00. The first kappa shape index (κ1) is 39.5. The first-order valence-electron chi connectivity index (χ1n) is 18.5. The van der Waals surface area contributed by atoms with Crippen LogP contribution in [0.4, 0.5) is 9.59 Å². The van der Waals surface area contributed by atoms with Gasteiger partial charge in [-0.2, -0.15) is 0 Å². The van der Waals surface area contributed by atoms with Crippen LogP contribution in [0, 0.1) is 5.92 Å². The molecule has 2 fully saturated rings. The summed E-state index contributed by atoms with van der Waals surface area (Å²) in [4.78, 5) is 79.6. The Morgan fingerprint density at radius 1 is 0.755 bits per heavy atom. The number of carbonyl (C=O) groups excluding carboxylic acids is 6. The summed E-state index contributed by atoms with van der Waals surface area (Å²) >= 11 is 0. The Labute approximate surface area is 311 Å². The summed E-state index contributed by atoms with van der Waals surface area (Å²) in [5.74, 6) is -1.62. The van der Waals surface area contributed by atoms with Crippen LogP contribution in [0.15, 0.2) is 36.4 Å². The van der Waals surface area contributed by atoms with Crippen LogP contribution in [0.3, 0.4) is 0 Å². The van der Waals surface area contributed by atoms with E-state index in [1.54, 1.807) is 44.9 Å². The number of fused-ring (bicyclic) bond motifs is 3. The van der Waals surface area contributed by atoms with E-state index in [4.69, 9.17) is 18.9 Å². The molecule has 2 aliphatic carbocycles. The molecule has 286 valence electrons. The molecule has 3 atom stereocenters. The third-order valence-corrected chi connectivity index (χ3v) is 9.87. The maximum absolute atomic E-state index is 13.1. The standard InChI is InChI=1S/C41H52N2O10/c1-40(2,3)52-38(48)42(7)30-15-10-25(19-30)20-36(46)50-23-34(44)28-13-16-31-26(21-28)11-12-27-22-29(14-17-32(27)31)35(45)24-51-37(47)33-9-8-18-43(33)39(49)53-41(4,5)6/h13-14,16-17,21-22,25,30,33H,8-12,15,18-20,23-24H2,1-7H3/t25-,30+,33-/m0/s1. The van der Waals surface area contributed by atoms with Crippen LogP contribution >= 0.6 is 0 Å². The molecule has 5 rings (SSSR count). The molecule has 0 aromatic heterocycles. The molecule has 0 unspecified atom stereocenters. The van der Waals surface area contributed by atoms with Crippen molar-refractivity contribution >= 4 is 35.7 Å². The third kappa shape index (κ3) is 10.2. The highest BCUT2D eigenvalue weighted by atomic mass is 16.6. The van der Waals surface area contributed by atoms with E-state index in [1.807, 2.05) is 45.0 Å². The second kappa shape index (κ2) is 16.1. The van der Waals surface area contributed by atoms with Crippen LogP contribution in [0.1, 0.15) is 112 Å². The molecule has 0 radical (unpaired) electrons. The van der Waals surface area contributed by atoms with Gasteiger partial charge in [0, 0.05) is 37.2 Å². The molecule has 1 heterocycles. The normalized spacial score (nSPS) is 19.5. The molecule has 1 aliphatic heterocycles. The summed E-state index contributed by atoms with van der Waals surface area (Å²) in [6.45, 7) is 10.4. The molecule has 3 aliphatic rings. The number of benzene rings is 2. The van der Waals surface area contributed by atoms with Crippen molar-refractivity contribution in [2.75, 3.05) is 26.8 Å². The van der Waals surface area contributed by atoms with Gasteiger partial charge >= 0.3 is 24.1 Å². The highest BCUT2D eigenvalue weighted by Gasteiger charge is 2.38. The number of aryl methyl sites for hydroxylation is 2. The molecular weight excluding hydrogens is 680 g/mol. The fraction of sp³-hybridized carbons (Fsp3) is 0.561. The summed E-state index contributed by atoms with van der Waals surface area (Å²) in [5.41, 5.74) is 3.48. The van der Waals surface area contributed by atoms with Crippen molar-refractivity contribution in [2.24, 2.45) is 5.92 Å². The van der Waals surface area contributed by atoms with Crippen molar-refractivity contribution < 1.29 is 47.7 Å². The second-order valence-electron chi connectivity index (χ2n) is 16.3. The summed E-state index contributed by atoms with van der Waals surface area (Å²) in [5, 5.41) is 0. The van der Waals surface area contributed by atoms with Gasteiger partial charge < -0.3 is 23.8 Å². The first-order chi connectivity index (χ1) is 24.9. The van der Waals surface area contributed by atoms with Crippen LogP contribution in [0.5, 0.6) is 0 Å². The highest BCUT2D eigenvalue weighted by Crippen LogP contribution is 2.35. The largest absolute Gasteiger partial charge is 0.457 e. The molecule has 0 bridgehead atoms. The van der Waals surface area contributed by atoms with Gasteiger partial charge in [0.05, 0.1) is 0 Å². The topological polar surface area (TPSA) is 146 Å². The summed E-state index contributed by atoms with van der Waals surface area (Å²) < 4.78 is 21.6. The van der Waals surface area contributed by atoms with E-state index in [1.165, 1.54) is 4.90 Å². The number of likely N-dealkylation sites (tertiary alicyclic amines) is 1. The number of rotatable bonds is 10. The van der Waals surface area contributed by atoms with Gasteiger partial charge in [0.2, 0.25) is 0 Å². The van der Waals surface area contributed by atoms with Gasteiger partial charge in [-0.15, -0.1) is 0 Å². The number of Topliss-reactive ketones (excluding diaryl/α,β-unsaturated/α-hetero) is 2. The van der Waals surface area contributed by atoms with E-state index in [-0.39, 0.29) is 42.6 Å². The lowest BCUT2D eigenvalue weighted by Crippen LogP contribution is -2.44. The maximum Gasteiger partial charge on any atom is 0.411 e. The zero-order valence-corrected chi connectivity index (χ0v) is 32.0. The van der Waals surface area contributed by atoms with Crippen molar-refractivity contribution in [1.29, 1.82) is 0 Å². The quantitative estimate of drug-likeness (QED) is 0.146. The average molecular weight is 733 g/mol. The fourth-order valence-electron chi connectivity index (χ4n) is 7.20. The van der Waals surface area contributed by atoms with Crippen LogP contribution < -0.4 is 0 Å². The predicted octanol–water partition coefficient (Wildman–Crippen LogP) is 6.73. The van der Waals surface area contributed by atoms with Crippen molar-refractivity contribution in [3.63, 3.8) is 0 Å². The van der Waals surface area contributed by atoms with Crippen molar-refractivity contribution in [2.45, 2.75) is 116 Å². The molecule has 2 amide bonds. The number of amides is 2. The van der Waals surface area contributed by atoms with Crippen molar-refractivity contribution in [3.05, 3.63) is 58.7 Å². The Kier molecular flexibility index (Phi) is 12.0. The zero-order valence-electron chi connectivity index (χ0n) is 32.0. The monoisotopic (exact) mass is 732 g/mol. The predicted molar refractivity (Wildman–Crippen MR) is 196 cm³/mol. The minimum absolute atomic E-state index is 0.0107. The number of nitrogens with zero attached hydrogens (tertiary/aromatic N) is 2. The minimum Gasteiger partial charge on any atom is -0.457 e. The third-order valence-electron chi connectivity index (χ3n) is 9.87. The van der Waals surface area contributed by atoms with Gasteiger partial charge in [-0.25, -0.2) is 14.4 Å². The Morgan fingerprint density at radius 3 is 1.89 bits per heavy atom. The molecule has 53 heavy (non-hydrogen) atoms. The molecule has 2 aromatic carbocycles. The fourth-order valence-corrected chi connectivity index (χ4v) is 7.20. The number of hydrogen-bond acceptors (Lipinski definition) is 10. The van der Waals surface area contributed by atoms with Crippen LogP contribution in [0.2, 0.25) is 0 Å². The summed E-state index contributed by atoms with van der Waals surface area (Å²) in [6, 6.07) is 10.0. The van der Waals surface area contributed by atoms with E-state index >= 15 is 0 Å². The molecule has 12 nitrogen and oxygen atoms in total. The number of ether oxygens (including phenoxy) is 4. The van der Waals surface area contributed by atoms with E-state index < -0.39 is 41.9 Å². The molecule has 1 saturated carbocycles. The van der Waals surface area contributed by atoms with Crippen LogP contribution in [-0.2, 0) is 41.4 Å². The number of esters is 2. The molecule has 0 spiro atoms. The molecule has 0 N–H and O–H groups in total. The smallest absolute Gasteiger partial charge is 0.411 e. The molecular formula is C41H52N2O10. The van der Waals surface area contributed by atoms with Crippen molar-refractivity contribution in [3.8, 4) is 11.1 Å². The van der Waals surface area contributed by atoms with Gasteiger partial charge in [0.25, 0.3) is 0 Å². The maximum atomic E-state index is 13.1. The van der Waals surface area contributed by atoms with Gasteiger partial charge in [0.1, 0.15) is 17.2 Å². The van der Waals surface area contributed by atoms with Crippen molar-refractivity contribution in [1.82, 2.24) is 9.80 Å². The van der Waals surface area contributed by atoms with Gasteiger partial charge in [-0.1, -0.05) is 24.3 Å². The second-order valence-corrected chi connectivity index (χ2v) is 16.3. The minimum atomic E-state index is -0.785. The summed E-state index contributed by atoms with van der Waals surface area (Å²) in [7, 11) is 1.72. The molecule has 2 aromatic rings. The van der Waals surface area contributed by atoms with Crippen LogP contribution in [0.25, 0.3) is 11.1 Å². The lowest BCUT2D eigenvalue weighted by atomic mass is 9.83. The Bertz CT molecular complexity index is 1750. The van der Waals surface area contributed by atoms with E-state index in [0.717, 1.165) is 35.1 Å². The zero-order chi connectivity index (χ0) is 38.7. The Hall–Kier alpha value is -4.74. The lowest BCUT2D eigenvalue weighted by molar-refractivity contribution is -0.147. The number of hydrogen-bond donors (Lipinski definition) is 0. The first-order valence-corrected chi connectivity index (χ1v) is 18.5. The van der Waals surface area contributed by atoms with E-state index in [9.17, 15) is 28.8 Å². The number of ketones is 2. The SMILES string of the molecule is CN(C(=O)OC(C)(C)C)[C@@H]1CC[C@H](CC(=O)OCC(=O)c2ccc3c(c2)CCc2cc(C(=O)COC(=O)[C@@H]4CCCN4C(=O)OC(C)(C)C)ccc2-3)C1. The van der Waals surface area contributed by atoms with Gasteiger partial charge in [-0.3, -0.25) is 19.3 Å². The average Bonchev–Trinajstić information content (AvgIpc) is 3.77. The van der Waals surface area contributed by atoms with E-state index in [2.05, 4.69) is 0 Å². The lowest BCUT2D eigenvalue weighted by Gasteiger charge is -2.28. The summed E-state index contributed by atoms with van der Waals surface area (Å²) in [6.07, 6.45) is 3.85. The Balaban J connectivity index is 1.10. The van der Waals surface area contributed by atoms with Crippen LogP contribution in [-0.4, -0.2) is 95.6 Å². The van der Waals surface area contributed by atoms with E-state index in [0.29, 0.717) is 49.8 Å². The van der Waals surface area contributed by atoms with Gasteiger partial charge in [0.15, 0.2) is 24.8 Å². The molecule has 1 saturated heterocycles. The van der Waals surface area contributed by atoms with Gasteiger partial charge in [-0.05, 0) is 127 Å². The molecule has 12 heteroatoms.